The Hall–Kier alpha value is -3.71. The number of hydrogen-bond donors (Lipinski definition) is 2. The van der Waals surface area contributed by atoms with E-state index in [4.69, 9.17) is 5.41 Å². The maximum Gasteiger partial charge on any atom is 0.268 e. The van der Waals surface area contributed by atoms with Gasteiger partial charge in [0.1, 0.15) is 0 Å². The van der Waals surface area contributed by atoms with E-state index in [-0.39, 0.29) is 10.8 Å². The molecule has 3 aromatic carbocycles. The number of carbonyl (C=O) groups excluding carboxylic acids is 1. The lowest BCUT2D eigenvalue weighted by atomic mass is 10.0. The number of benzene rings is 3. The quantitative estimate of drug-likeness (QED) is 0.364. The molecule has 0 saturated carbocycles. The summed E-state index contributed by atoms with van der Waals surface area (Å²) in [5, 5.41) is 11.5. The molecule has 0 saturated heterocycles. The number of nitrogens with one attached hydrogen (secondary N) is 2. The molecule has 7 heteroatoms. The molecule has 168 valence electrons. The summed E-state index contributed by atoms with van der Waals surface area (Å²) in [6.45, 7) is 2.34. The van der Waals surface area contributed by atoms with Gasteiger partial charge in [0.15, 0.2) is 0 Å². The Labute approximate surface area is 193 Å². The Balaban J connectivity index is 1.59. The normalized spacial score (nSPS) is 11.4. The van der Waals surface area contributed by atoms with E-state index in [1.807, 2.05) is 31.2 Å². The molecule has 2 N–H and O–H groups in total. The fourth-order valence-corrected chi connectivity index (χ4v) is 5.12. The lowest BCUT2D eigenvalue weighted by Crippen LogP contribution is -2.22. The Morgan fingerprint density at radius 1 is 0.939 bits per heavy atom. The summed E-state index contributed by atoms with van der Waals surface area (Å²) in [6, 6.07) is 22.7. The molecular weight excluding hydrogens is 434 g/mol. The Kier molecular flexibility index (Phi) is 6.42. The van der Waals surface area contributed by atoms with Gasteiger partial charge in [-0.1, -0.05) is 74.0 Å². The van der Waals surface area contributed by atoms with Gasteiger partial charge in [0, 0.05) is 23.8 Å². The highest BCUT2D eigenvalue weighted by Crippen LogP contribution is 2.26. The summed E-state index contributed by atoms with van der Waals surface area (Å²) in [7, 11) is -3.85. The van der Waals surface area contributed by atoms with Crippen molar-refractivity contribution in [2.24, 2.45) is 0 Å². The molecule has 0 atom stereocenters. The second-order valence-electron chi connectivity index (χ2n) is 7.78. The molecule has 0 bridgehead atoms. The second-order valence-corrected chi connectivity index (χ2v) is 9.60. The third-order valence-electron chi connectivity index (χ3n) is 5.48. The molecule has 1 amide bonds. The second kappa shape index (κ2) is 9.42. The molecule has 0 aliphatic heterocycles. The predicted octanol–water partition coefficient (Wildman–Crippen LogP) is 4.98. The first-order chi connectivity index (χ1) is 15.9. The van der Waals surface area contributed by atoms with Crippen molar-refractivity contribution in [2.45, 2.75) is 31.2 Å². The van der Waals surface area contributed by atoms with Crippen molar-refractivity contribution >= 4 is 32.5 Å². The van der Waals surface area contributed by atoms with Crippen molar-refractivity contribution in [1.29, 1.82) is 5.41 Å². The summed E-state index contributed by atoms with van der Waals surface area (Å²) in [4.78, 5) is 13.2. The highest BCUT2D eigenvalue weighted by Gasteiger charge is 2.23. The van der Waals surface area contributed by atoms with Crippen molar-refractivity contribution in [3.05, 3.63) is 102 Å². The third kappa shape index (κ3) is 4.59. The van der Waals surface area contributed by atoms with Gasteiger partial charge in [0.2, 0.25) is 0 Å². The zero-order valence-corrected chi connectivity index (χ0v) is 19.1. The van der Waals surface area contributed by atoms with Crippen molar-refractivity contribution < 1.29 is 13.2 Å². The van der Waals surface area contributed by atoms with E-state index in [0.717, 1.165) is 24.0 Å². The average molecular weight is 460 g/mol. The van der Waals surface area contributed by atoms with Crippen molar-refractivity contribution in [2.75, 3.05) is 0 Å². The number of aromatic nitrogens is 1. The summed E-state index contributed by atoms with van der Waals surface area (Å²) in [5.74, 6) is -0.351. The molecule has 0 aliphatic rings. The topological polar surface area (TPSA) is 92.0 Å². The van der Waals surface area contributed by atoms with Gasteiger partial charge >= 0.3 is 0 Å². The molecule has 0 fully saturated rings. The molecule has 6 nitrogen and oxygen atoms in total. The highest BCUT2D eigenvalue weighted by molar-refractivity contribution is 7.90. The molecule has 0 aliphatic carbocycles. The van der Waals surface area contributed by atoms with Gasteiger partial charge in [0.05, 0.1) is 16.0 Å². The van der Waals surface area contributed by atoms with Gasteiger partial charge in [-0.15, -0.1) is 0 Å². The van der Waals surface area contributed by atoms with Crippen LogP contribution in [0, 0.1) is 5.41 Å². The summed E-state index contributed by atoms with van der Waals surface area (Å²) in [6.07, 6.45) is 3.04. The first-order valence-electron chi connectivity index (χ1n) is 10.8. The third-order valence-corrected chi connectivity index (χ3v) is 7.17. The van der Waals surface area contributed by atoms with Gasteiger partial charge < -0.3 is 10.7 Å². The van der Waals surface area contributed by atoms with Crippen LogP contribution >= 0.6 is 0 Å². The number of nitrogens with zero attached hydrogens (tertiary/aromatic N) is 1. The van der Waals surface area contributed by atoms with Crippen LogP contribution in [0.1, 0.15) is 41.3 Å². The van der Waals surface area contributed by atoms with E-state index < -0.39 is 10.0 Å². The molecule has 4 rings (SSSR count). The minimum atomic E-state index is -3.85. The summed E-state index contributed by atoms with van der Waals surface area (Å²) >= 11 is 0. The summed E-state index contributed by atoms with van der Waals surface area (Å²) in [5.41, 5.74) is 3.12. The Bertz CT molecular complexity index is 1410. The molecule has 0 unspecified atom stereocenters. The van der Waals surface area contributed by atoms with Crippen molar-refractivity contribution in [1.82, 2.24) is 9.29 Å². The van der Waals surface area contributed by atoms with E-state index in [1.54, 1.807) is 42.5 Å². The first-order valence-corrected chi connectivity index (χ1v) is 12.2. The molecule has 33 heavy (non-hydrogen) atoms. The monoisotopic (exact) mass is 459 g/mol. The van der Waals surface area contributed by atoms with Crippen LogP contribution in [0.5, 0.6) is 0 Å². The number of rotatable bonds is 8. The number of hydrogen-bond acceptors (Lipinski definition) is 4. The van der Waals surface area contributed by atoms with E-state index in [1.165, 1.54) is 22.3 Å². The van der Waals surface area contributed by atoms with E-state index >= 15 is 0 Å². The summed E-state index contributed by atoms with van der Waals surface area (Å²) < 4.78 is 27.6. The van der Waals surface area contributed by atoms with E-state index in [0.29, 0.717) is 28.7 Å². The van der Waals surface area contributed by atoms with Crippen molar-refractivity contribution in [3.63, 3.8) is 0 Å². The minimum absolute atomic E-state index is 0.159. The van der Waals surface area contributed by atoms with Crippen LogP contribution in [0.2, 0.25) is 0 Å². The van der Waals surface area contributed by atoms with Crippen LogP contribution in [0.15, 0.2) is 90.0 Å². The highest BCUT2D eigenvalue weighted by atomic mass is 32.2. The largest absolute Gasteiger partial charge is 0.348 e. The van der Waals surface area contributed by atoms with Crippen LogP contribution < -0.4 is 5.32 Å². The maximum atomic E-state index is 13.2. The maximum absolute atomic E-state index is 13.2. The zero-order chi connectivity index (χ0) is 23.4. The van der Waals surface area contributed by atoms with Gasteiger partial charge in [-0.2, -0.15) is 0 Å². The van der Waals surface area contributed by atoms with Crippen LogP contribution in [0.4, 0.5) is 0 Å². The molecule has 0 radical (unpaired) electrons. The minimum Gasteiger partial charge on any atom is -0.348 e. The van der Waals surface area contributed by atoms with Gasteiger partial charge in [-0.05, 0) is 35.7 Å². The van der Waals surface area contributed by atoms with Crippen LogP contribution in [0.25, 0.3) is 10.9 Å². The van der Waals surface area contributed by atoms with Crippen molar-refractivity contribution in [3.8, 4) is 0 Å². The standard InChI is InChI=1S/C26H25N3O3S/c1-2-8-24(27)20-15-13-19(14-16-20)17-28-26(30)23-18-29(25-12-7-6-11-22(23)25)33(31,32)21-9-4-3-5-10-21/h3-7,9-16,18,27H,2,8,17H2,1H3,(H,28,30). The Morgan fingerprint density at radius 2 is 1.61 bits per heavy atom. The SMILES string of the molecule is CCCC(=N)c1ccc(CNC(=O)c2cn(S(=O)(=O)c3ccccc3)c3ccccc23)cc1. The fraction of sp³-hybridized carbons (Fsp3) is 0.154. The molecule has 4 aromatic rings. The predicted molar refractivity (Wildman–Crippen MR) is 130 cm³/mol. The number of amides is 1. The Morgan fingerprint density at radius 3 is 2.30 bits per heavy atom. The van der Waals surface area contributed by atoms with Gasteiger partial charge in [-0.3, -0.25) is 4.79 Å². The van der Waals surface area contributed by atoms with Crippen LogP contribution in [-0.4, -0.2) is 24.0 Å². The fourth-order valence-electron chi connectivity index (χ4n) is 3.73. The van der Waals surface area contributed by atoms with Gasteiger partial charge in [0.25, 0.3) is 15.9 Å². The number of carbonyl (C=O) groups is 1. The van der Waals surface area contributed by atoms with E-state index in [2.05, 4.69) is 5.32 Å². The molecular formula is C26H25N3O3S. The lowest BCUT2D eigenvalue weighted by molar-refractivity contribution is 0.0952. The molecule has 1 aromatic heterocycles. The molecule has 1 heterocycles. The average Bonchev–Trinajstić information content (AvgIpc) is 3.24. The van der Waals surface area contributed by atoms with Crippen LogP contribution in [-0.2, 0) is 16.6 Å². The van der Waals surface area contributed by atoms with Crippen LogP contribution in [0.3, 0.4) is 0 Å². The first kappa shape index (κ1) is 22.5. The zero-order valence-electron chi connectivity index (χ0n) is 18.3. The number of para-hydroxylation sites is 1. The molecule has 0 spiro atoms. The smallest absolute Gasteiger partial charge is 0.268 e. The number of fused-ring (bicyclic) bond motifs is 1. The lowest BCUT2D eigenvalue weighted by Gasteiger charge is -2.07. The van der Waals surface area contributed by atoms with E-state index in [9.17, 15) is 13.2 Å². The van der Waals surface area contributed by atoms with Gasteiger partial charge in [-0.25, -0.2) is 12.4 Å².